The zero-order valence-electron chi connectivity index (χ0n) is 16.2. The van der Waals surface area contributed by atoms with E-state index in [4.69, 9.17) is 10.5 Å². The maximum atomic E-state index is 12.7. The lowest BCUT2D eigenvalue weighted by atomic mass is 10.0. The lowest BCUT2D eigenvalue weighted by Crippen LogP contribution is -2.30. The number of primary amides is 1. The first-order valence-electron chi connectivity index (χ1n) is 9.04. The van der Waals surface area contributed by atoms with Gasteiger partial charge in [-0.3, -0.25) is 9.48 Å². The van der Waals surface area contributed by atoms with Crippen LogP contribution in [0.3, 0.4) is 0 Å². The minimum Gasteiger partial charge on any atom is -0.449 e. The number of nitrogens with zero attached hydrogens (tertiary/aromatic N) is 2. The lowest BCUT2D eigenvalue weighted by molar-refractivity contribution is -0.125. The van der Waals surface area contributed by atoms with Gasteiger partial charge < -0.3 is 10.5 Å². The van der Waals surface area contributed by atoms with E-state index in [9.17, 15) is 9.59 Å². The summed E-state index contributed by atoms with van der Waals surface area (Å²) in [7, 11) is 0. The van der Waals surface area contributed by atoms with Gasteiger partial charge in [-0.2, -0.15) is 5.10 Å². The zero-order valence-corrected chi connectivity index (χ0v) is 16.2. The van der Waals surface area contributed by atoms with Gasteiger partial charge in [0.2, 0.25) is 0 Å². The second-order valence-electron chi connectivity index (χ2n) is 6.82. The summed E-state index contributed by atoms with van der Waals surface area (Å²) in [5.41, 5.74) is 10.2. The summed E-state index contributed by atoms with van der Waals surface area (Å²) in [5.74, 6) is -1.32. The van der Waals surface area contributed by atoms with Crippen LogP contribution in [-0.2, 0) is 16.1 Å². The Morgan fingerprint density at radius 2 is 1.82 bits per heavy atom. The van der Waals surface area contributed by atoms with Crippen LogP contribution in [0.2, 0.25) is 0 Å². The molecule has 0 aliphatic carbocycles. The van der Waals surface area contributed by atoms with E-state index in [2.05, 4.69) is 5.10 Å². The summed E-state index contributed by atoms with van der Waals surface area (Å²) in [5, 5.41) is 4.62. The summed E-state index contributed by atoms with van der Waals surface area (Å²) in [4.78, 5) is 24.0. The molecule has 2 aromatic carbocycles. The van der Waals surface area contributed by atoms with E-state index in [0.717, 1.165) is 22.3 Å². The number of esters is 1. The standard InChI is InChI=1S/C22H23N3O3/c1-14-9-10-18(11-15(14)2)20-19(22(27)28-16(3)21(23)26)13-25(24-20)12-17-7-5-4-6-8-17/h4-11,13,16H,12H2,1-3H3,(H2,23,26)/t16-/m1/s1. The smallest absolute Gasteiger partial charge is 0.342 e. The van der Waals surface area contributed by atoms with Crippen molar-refractivity contribution in [2.75, 3.05) is 0 Å². The molecule has 0 saturated carbocycles. The van der Waals surface area contributed by atoms with E-state index >= 15 is 0 Å². The van der Waals surface area contributed by atoms with Crippen molar-refractivity contribution < 1.29 is 14.3 Å². The highest BCUT2D eigenvalue weighted by atomic mass is 16.5. The van der Waals surface area contributed by atoms with E-state index in [-0.39, 0.29) is 0 Å². The number of carbonyl (C=O) groups is 2. The summed E-state index contributed by atoms with van der Waals surface area (Å²) in [6.45, 7) is 5.99. The van der Waals surface area contributed by atoms with E-state index < -0.39 is 18.0 Å². The van der Waals surface area contributed by atoms with Crippen LogP contribution in [-0.4, -0.2) is 27.8 Å². The van der Waals surface area contributed by atoms with Gasteiger partial charge in [-0.15, -0.1) is 0 Å². The molecule has 3 rings (SSSR count). The Hall–Kier alpha value is -3.41. The Kier molecular flexibility index (Phi) is 5.59. The van der Waals surface area contributed by atoms with Crippen LogP contribution in [0.1, 0.15) is 34.0 Å². The lowest BCUT2D eigenvalue weighted by Gasteiger charge is -2.09. The highest BCUT2D eigenvalue weighted by Gasteiger charge is 2.23. The molecule has 0 aliphatic rings. The molecule has 0 radical (unpaired) electrons. The van der Waals surface area contributed by atoms with Crippen molar-refractivity contribution in [3.63, 3.8) is 0 Å². The molecule has 2 N–H and O–H groups in total. The molecule has 3 aromatic rings. The van der Waals surface area contributed by atoms with Crippen LogP contribution in [0.5, 0.6) is 0 Å². The van der Waals surface area contributed by atoms with Crippen molar-refractivity contribution in [1.29, 1.82) is 0 Å². The number of hydrogen-bond donors (Lipinski definition) is 1. The van der Waals surface area contributed by atoms with Gasteiger partial charge in [-0.05, 0) is 43.5 Å². The summed E-state index contributed by atoms with van der Waals surface area (Å²) < 4.78 is 6.91. The minimum absolute atomic E-state index is 0.298. The third-order valence-electron chi connectivity index (χ3n) is 4.63. The fourth-order valence-electron chi connectivity index (χ4n) is 2.81. The largest absolute Gasteiger partial charge is 0.449 e. The predicted octanol–water partition coefficient (Wildman–Crippen LogP) is 3.25. The van der Waals surface area contributed by atoms with Crippen molar-refractivity contribution in [2.24, 2.45) is 5.73 Å². The van der Waals surface area contributed by atoms with Crippen LogP contribution in [0.4, 0.5) is 0 Å². The average Bonchev–Trinajstić information content (AvgIpc) is 3.08. The monoisotopic (exact) mass is 377 g/mol. The fraction of sp³-hybridized carbons (Fsp3) is 0.227. The number of rotatable bonds is 6. The molecule has 28 heavy (non-hydrogen) atoms. The highest BCUT2D eigenvalue weighted by Crippen LogP contribution is 2.26. The van der Waals surface area contributed by atoms with E-state index in [1.807, 2.05) is 62.4 Å². The molecule has 6 heteroatoms. The molecular weight excluding hydrogens is 354 g/mol. The van der Waals surface area contributed by atoms with Crippen molar-refractivity contribution in [3.05, 3.63) is 77.0 Å². The number of carbonyl (C=O) groups excluding carboxylic acids is 2. The molecule has 1 atom stereocenters. The molecule has 0 unspecified atom stereocenters. The topological polar surface area (TPSA) is 87.2 Å². The maximum absolute atomic E-state index is 12.7. The number of nitrogens with two attached hydrogens (primary N) is 1. The van der Waals surface area contributed by atoms with Gasteiger partial charge >= 0.3 is 5.97 Å². The molecular formula is C22H23N3O3. The Morgan fingerprint density at radius 3 is 2.46 bits per heavy atom. The molecule has 6 nitrogen and oxygen atoms in total. The summed E-state index contributed by atoms with van der Waals surface area (Å²) >= 11 is 0. The van der Waals surface area contributed by atoms with Crippen molar-refractivity contribution in [3.8, 4) is 11.3 Å². The SMILES string of the molecule is Cc1ccc(-c2nn(Cc3ccccc3)cc2C(=O)O[C@H](C)C(N)=O)cc1C. The molecule has 0 bridgehead atoms. The van der Waals surface area contributed by atoms with Crippen LogP contribution >= 0.6 is 0 Å². The summed E-state index contributed by atoms with van der Waals surface area (Å²) in [6.07, 6.45) is 0.630. The number of ether oxygens (including phenoxy) is 1. The van der Waals surface area contributed by atoms with E-state index in [1.54, 1.807) is 10.9 Å². The zero-order chi connectivity index (χ0) is 20.3. The molecule has 1 aromatic heterocycles. The third-order valence-corrected chi connectivity index (χ3v) is 4.63. The van der Waals surface area contributed by atoms with Gasteiger partial charge in [0.1, 0.15) is 11.3 Å². The van der Waals surface area contributed by atoms with Crippen molar-refractivity contribution in [1.82, 2.24) is 9.78 Å². The van der Waals surface area contributed by atoms with E-state index in [1.165, 1.54) is 6.92 Å². The van der Waals surface area contributed by atoms with Gasteiger partial charge in [0.05, 0.1) is 6.54 Å². The Bertz CT molecular complexity index is 1010. The molecule has 0 saturated heterocycles. The minimum atomic E-state index is -1.02. The van der Waals surface area contributed by atoms with Crippen LogP contribution in [0.15, 0.2) is 54.7 Å². The third kappa shape index (κ3) is 4.28. The molecule has 0 fully saturated rings. The molecule has 0 aliphatic heterocycles. The van der Waals surface area contributed by atoms with Crippen molar-refractivity contribution in [2.45, 2.75) is 33.4 Å². The van der Waals surface area contributed by atoms with Crippen molar-refractivity contribution >= 4 is 11.9 Å². The van der Waals surface area contributed by atoms with E-state index in [0.29, 0.717) is 17.8 Å². The van der Waals surface area contributed by atoms with Crippen LogP contribution in [0.25, 0.3) is 11.3 Å². The number of aryl methyl sites for hydroxylation is 2. The highest BCUT2D eigenvalue weighted by molar-refractivity contribution is 5.97. The molecule has 0 spiro atoms. The predicted molar refractivity (Wildman–Crippen MR) is 107 cm³/mol. The van der Waals surface area contributed by atoms with Gasteiger partial charge in [0.25, 0.3) is 5.91 Å². The summed E-state index contributed by atoms with van der Waals surface area (Å²) in [6, 6.07) is 15.7. The second-order valence-corrected chi connectivity index (χ2v) is 6.82. The van der Waals surface area contributed by atoms with Crippen LogP contribution < -0.4 is 5.73 Å². The first-order chi connectivity index (χ1) is 13.3. The number of aromatic nitrogens is 2. The number of amides is 1. The number of benzene rings is 2. The Morgan fingerprint density at radius 1 is 1.11 bits per heavy atom. The van der Waals surface area contributed by atoms with Gasteiger partial charge in [-0.25, -0.2) is 4.79 Å². The van der Waals surface area contributed by atoms with Crippen LogP contribution in [0, 0.1) is 13.8 Å². The maximum Gasteiger partial charge on any atom is 0.342 e. The average molecular weight is 377 g/mol. The Labute approximate surface area is 163 Å². The fourth-order valence-corrected chi connectivity index (χ4v) is 2.81. The second kappa shape index (κ2) is 8.08. The Balaban J connectivity index is 2.00. The van der Waals surface area contributed by atoms with Gasteiger partial charge in [-0.1, -0.05) is 42.5 Å². The van der Waals surface area contributed by atoms with Gasteiger partial charge in [0, 0.05) is 11.8 Å². The molecule has 144 valence electrons. The molecule has 1 amide bonds. The molecule has 1 heterocycles. The van der Waals surface area contributed by atoms with Gasteiger partial charge in [0.15, 0.2) is 6.10 Å². The number of hydrogen-bond acceptors (Lipinski definition) is 4. The first-order valence-corrected chi connectivity index (χ1v) is 9.04. The normalized spacial score (nSPS) is 11.8. The quantitative estimate of drug-likeness (QED) is 0.668. The first kappa shape index (κ1) is 19.4.